The van der Waals surface area contributed by atoms with Crippen LogP contribution in [0.5, 0.6) is 0 Å². The molecule has 0 aromatic rings. The van der Waals surface area contributed by atoms with E-state index in [0.717, 1.165) is 32.6 Å². The van der Waals surface area contributed by atoms with Gasteiger partial charge in [0.25, 0.3) is 5.91 Å². The molecule has 0 aliphatic carbocycles. The molecule has 7 heteroatoms. The summed E-state index contributed by atoms with van der Waals surface area (Å²) in [5.41, 5.74) is 0.131. The van der Waals surface area contributed by atoms with Gasteiger partial charge in [-0.2, -0.15) is 5.26 Å². The smallest absolute Gasteiger partial charge is 0.263 e. The van der Waals surface area contributed by atoms with E-state index in [0.29, 0.717) is 26.3 Å². The third-order valence-electron chi connectivity index (χ3n) is 3.45. The lowest BCUT2D eigenvalue weighted by molar-refractivity contribution is -0.117. The second kappa shape index (κ2) is 11.0. The summed E-state index contributed by atoms with van der Waals surface area (Å²) in [7, 11) is 0. The molecule has 1 aliphatic heterocycles. The standard InChI is InChI=1S/C15H26N4O3/c1-2-22-11-3-4-17-15(21)14(12-16)13-19-7-5-18(6-8-19)9-10-20/h13,20H,2-11H2,1H3,(H,17,21)/b14-13-. The summed E-state index contributed by atoms with van der Waals surface area (Å²) in [6, 6.07) is 1.96. The molecule has 0 bridgehead atoms. The molecule has 1 amide bonds. The SMILES string of the molecule is CCOCCCNC(=O)/C(C#N)=C\N1CCN(CCO)CC1. The topological polar surface area (TPSA) is 88.8 Å². The molecule has 1 fully saturated rings. The number of nitrogens with one attached hydrogen (secondary N) is 1. The molecule has 22 heavy (non-hydrogen) atoms. The number of carbonyl (C=O) groups excluding carboxylic acids is 1. The predicted octanol–water partition coefficient (Wildman–Crippen LogP) is -0.453. The quantitative estimate of drug-likeness (QED) is 0.340. The Morgan fingerprint density at radius 2 is 2.14 bits per heavy atom. The van der Waals surface area contributed by atoms with Crippen LogP contribution in [-0.2, 0) is 9.53 Å². The molecular formula is C15H26N4O3. The van der Waals surface area contributed by atoms with Crippen LogP contribution in [-0.4, -0.2) is 79.9 Å². The maximum Gasteiger partial charge on any atom is 0.263 e. The number of aliphatic hydroxyl groups is 1. The Labute approximate surface area is 132 Å². The summed E-state index contributed by atoms with van der Waals surface area (Å²) in [6.07, 6.45) is 2.37. The van der Waals surface area contributed by atoms with Crippen LogP contribution in [0.4, 0.5) is 0 Å². The maximum absolute atomic E-state index is 11.9. The van der Waals surface area contributed by atoms with Crippen molar-refractivity contribution in [2.75, 3.05) is 59.1 Å². The number of ether oxygens (including phenoxy) is 1. The number of β-amino-alcohol motifs (C(OH)–C–C–N with tert-alkyl or cyclic N) is 1. The second-order valence-electron chi connectivity index (χ2n) is 5.06. The first-order chi connectivity index (χ1) is 10.7. The molecule has 0 aromatic carbocycles. The molecule has 1 heterocycles. The highest BCUT2D eigenvalue weighted by molar-refractivity contribution is 5.97. The molecule has 0 saturated carbocycles. The summed E-state index contributed by atoms with van der Waals surface area (Å²) in [6.45, 7) is 7.68. The summed E-state index contributed by atoms with van der Waals surface area (Å²) in [5, 5.41) is 20.8. The largest absolute Gasteiger partial charge is 0.395 e. The minimum atomic E-state index is -0.336. The molecule has 7 nitrogen and oxygen atoms in total. The van der Waals surface area contributed by atoms with E-state index >= 15 is 0 Å². The number of hydrogen-bond acceptors (Lipinski definition) is 6. The van der Waals surface area contributed by atoms with Gasteiger partial charge in [-0.25, -0.2) is 0 Å². The van der Waals surface area contributed by atoms with Crippen LogP contribution >= 0.6 is 0 Å². The lowest BCUT2D eigenvalue weighted by atomic mass is 10.2. The van der Waals surface area contributed by atoms with E-state index in [1.165, 1.54) is 0 Å². The Morgan fingerprint density at radius 3 is 2.73 bits per heavy atom. The van der Waals surface area contributed by atoms with E-state index < -0.39 is 0 Å². The Hall–Kier alpha value is -1.62. The number of hydrogen-bond donors (Lipinski definition) is 2. The van der Waals surface area contributed by atoms with Crippen molar-refractivity contribution in [3.05, 3.63) is 11.8 Å². The molecule has 124 valence electrons. The average Bonchev–Trinajstić information content (AvgIpc) is 2.54. The van der Waals surface area contributed by atoms with Gasteiger partial charge in [0.15, 0.2) is 0 Å². The summed E-state index contributed by atoms with van der Waals surface area (Å²) >= 11 is 0. The van der Waals surface area contributed by atoms with Crippen molar-refractivity contribution in [2.24, 2.45) is 0 Å². The fraction of sp³-hybridized carbons (Fsp3) is 0.733. The Balaban J connectivity index is 2.36. The van der Waals surface area contributed by atoms with Crippen molar-refractivity contribution in [2.45, 2.75) is 13.3 Å². The van der Waals surface area contributed by atoms with Gasteiger partial charge in [-0.05, 0) is 13.3 Å². The molecule has 0 aromatic heterocycles. The van der Waals surface area contributed by atoms with Crippen molar-refractivity contribution in [3.63, 3.8) is 0 Å². The van der Waals surface area contributed by atoms with Gasteiger partial charge in [0.1, 0.15) is 11.6 Å². The van der Waals surface area contributed by atoms with Gasteiger partial charge in [-0.3, -0.25) is 9.69 Å². The highest BCUT2D eigenvalue weighted by atomic mass is 16.5. The summed E-state index contributed by atoms with van der Waals surface area (Å²) in [4.78, 5) is 16.1. The van der Waals surface area contributed by atoms with Gasteiger partial charge in [-0.15, -0.1) is 0 Å². The highest BCUT2D eigenvalue weighted by Gasteiger charge is 2.16. The third kappa shape index (κ3) is 6.89. The first-order valence-corrected chi connectivity index (χ1v) is 7.76. The van der Waals surface area contributed by atoms with E-state index in [-0.39, 0.29) is 18.1 Å². The monoisotopic (exact) mass is 310 g/mol. The lowest BCUT2D eigenvalue weighted by Gasteiger charge is -2.33. The van der Waals surface area contributed by atoms with Crippen LogP contribution in [0.15, 0.2) is 11.8 Å². The second-order valence-corrected chi connectivity index (χ2v) is 5.06. The molecular weight excluding hydrogens is 284 g/mol. The Kier molecular flexibility index (Phi) is 9.23. The zero-order chi connectivity index (χ0) is 16.2. The normalized spacial score (nSPS) is 16.4. The van der Waals surface area contributed by atoms with Gasteiger partial charge in [0.2, 0.25) is 0 Å². The van der Waals surface area contributed by atoms with Crippen molar-refractivity contribution < 1.29 is 14.6 Å². The van der Waals surface area contributed by atoms with Gasteiger partial charge < -0.3 is 20.1 Å². The van der Waals surface area contributed by atoms with Crippen LogP contribution in [0.25, 0.3) is 0 Å². The number of nitriles is 1. The first kappa shape index (κ1) is 18.4. The van der Waals surface area contributed by atoms with Crippen LogP contribution in [0.1, 0.15) is 13.3 Å². The van der Waals surface area contributed by atoms with Crippen molar-refractivity contribution in [1.82, 2.24) is 15.1 Å². The number of rotatable bonds is 9. The van der Waals surface area contributed by atoms with Crippen molar-refractivity contribution in [3.8, 4) is 6.07 Å². The molecule has 1 aliphatic rings. The molecule has 1 saturated heterocycles. The van der Waals surface area contributed by atoms with Crippen LogP contribution in [0.3, 0.4) is 0 Å². The Bertz CT molecular complexity index is 398. The average molecular weight is 310 g/mol. The van der Waals surface area contributed by atoms with Gasteiger partial charge in [-0.1, -0.05) is 0 Å². The van der Waals surface area contributed by atoms with Crippen LogP contribution in [0.2, 0.25) is 0 Å². The molecule has 0 atom stereocenters. The zero-order valence-electron chi connectivity index (χ0n) is 13.3. The molecule has 0 unspecified atom stereocenters. The number of aliphatic hydroxyl groups excluding tert-OH is 1. The maximum atomic E-state index is 11.9. The van der Waals surface area contributed by atoms with E-state index in [4.69, 9.17) is 15.1 Å². The molecule has 2 N–H and O–H groups in total. The zero-order valence-corrected chi connectivity index (χ0v) is 13.3. The summed E-state index contributed by atoms with van der Waals surface area (Å²) < 4.78 is 5.19. The summed E-state index contributed by atoms with van der Waals surface area (Å²) in [5.74, 6) is -0.336. The van der Waals surface area contributed by atoms with Crippen molar-refractivity contribution >= 4 is 5.91 Å². The number of amides is 1. The van der Waals surface area contributed by atoms with Gasteiger partial charge in [0, 0.05) is 58.7 Å². The number of nitrogens with zero attached hydrogens (tertiary/aromatic N) is 3. The van der Waals surface area contributed by atoms with Crippen LogP contribution < -0.4 is 5.32 Å². The number of carbonyl (C=O) groups is 1. The lowest BCUT2D eigenvalue weighted by Crippen LogP contribution is -2.45. The first-order valence-electron chi connectivity index (χ1n) is 7.76. The van der Waals surface area contributed by atoms with Crippen molar-refractivity contribution in [1.29, 1.82) is 5.26 Å². The molecule has 0 radical (unpaired) electrons. The third-order valence-corrected chi connectivity index (χ3v) is 3.45. The fourth-order valence-electron chi connectivity index (χ4n) is 2.19. The minimum absolute atomic E-state index is 0.131. The van der Waals surface area contributed by atoms with E-state index in [1.54, 1.807) is 6.20 Å². The highest BCUT2D eigenvalue weighted by Crippen LogP contribution is 2.04. The fourth-order valence-corrected chi connectivity index (χ4v) is 2.19. The van der Waals surface area contributed by atoms with E-state index in [2.05, 4.69) is 10.2 Å². The number of piperazine rings is 1. The minimum Gasteiger partial charge on any atom is -0.395 e. The predicted molar refractivity (Wildman–Crippen MR) is 82.9 cm³/mol. The van der Waals surface area contributed by atoms with Crippen LogP contribution in [0, 0.1) is 11.3 Å². The van der Waals surface area contributed by atoms with E-state index in [9.17, 15) is 4.79 Å². The molecule has 1 rings (SSSR count). The van der Waals surface area contributed by atoms with Gasteiger partial charge >= 0.3 is 0 Å². The van der Waals surface area contributed by atoms with Gasteiger partial charge in [0.05, 0.1) is 6.61 Å². The molecule has 0 spiro atoms. The Morgan fingerprint density at radius 1 is 1.41 bits per heavy atom. The van der Waals surface area contributed by atoms with E-state index in [1.807, 2.05) is 17.9 Å².